The molecule has 0 spiro atoms. The summed E-state index contributed by atoms with van der Waals surface area (Å²) in [6.45, 7) is 0. The average Bonchev–Trinajstić information content (AvgIpc) is 2.99. The van der Waals surface area contributed by atoms with Gasteiger partial charge in [0.05, 0.1) is 11.1 Å². The lowest BCUT2D eigenvalue weighted by Crippen LogP contribution is -2.16. The second-order valence-corrected chi connectivity index (χ2v) is 4.81. The molecule has 8 heteroatoms. The quantitative estimate of drug-likeness (QED) is 0.452. The zero-order chi connectivity index (χ0) is 17.1. The molecule has 24 heavy (non-hydrogen) atoms. The molecule has 1 aromatic heterocycles. The van der Waals surface area contributed by atoms with E-state index in [2.05, 4.69) is 10.5 Å². The van der Waals surface area contributed by atoms with Crippen molar-refractivity contribution in [1.29, 1.82) is 0 Å². The van der Waals surface area contributed by atoms with Gasteiger partial charge in [0.25, 0.3) is 5.69 Å². The van der Waals surface area contributed by atoms with Crippen LogP contribution in [0.2, 0.25) is 0 Å². The van der Waals surface area contributed by atoms with Gasteiger partial charge in [-0.2, -0.15) is 5.10 Å². The van der Waals surface area contributed by atoms with E-state index in [0.29, 0.717) is 11.0 Å². The minimum absolute atomic E-state index is 0.0591. The van der Waals surface area contributed by atoms with Gasteiger partial charge in [-0.15, -0.1) is 0 Å². The van der Waals surface area contributed by atoms with Gasteiger partial charge in [-0.25, -0.2) is 9.82 Å². The molecule has 0 aliphatic heterocycles. The number of non-ortho nitro benzene ring substituents is 1. The lowest BCUT2D eigenvalue weighted by molar-refractivity contribution is -0.384. The third-order valence-corrected chi connectivity index (χ3v) is 3.21. The monoisotopic (exact) mass is 327 g/mol. The summed E-state index contributed by atoms with van der Waals surface area (Å²) in [5.74, 6) is -1.18. The number of carbonyl (C=O) groups is 1. The van der Waals surface area contributed by atoms with Gasteiger partial charge in [-0.05, 0) is 18.2 Å². The minimum Gasteiger partial charge on any atom is -0.451 e. The van der Waals surface area contributed by atoms with Crippen LogP contribution in [0.5, 0.6) is 0 Å². The van der Waals surface area contributed by atoms with Crippen molar-refractivity contribution in [2.45, 2.75) is 0 Å². The maximum Gasteiger partial charge on any atom is 0.307 e. The Hall–Kier alpha value is -3.55. The van der Waals surface area contributed by atoms with E-state index in [0.717, 1.165) is 0 Å². The lowest BCUT2D eigenvalue weighted by atomic mass is 10.2. The molecule has 0 atom stereocenters. The number of nitro benzene ring substituents is 1. The summed E-state index contributed by atoms with van der Waals surface area (Å²) in [4.78, 5) is 22.2. The molecule has 0 saturated heterocycles. The minimum atomic E-state index is -0.651. The van der Waals surface area contributed by atoms with E-state index < -0.39 is 16.6 Å². The first-order chi connectivity index (χ1) is 11.5. The highest BCUT2D eigenvalue weighted by Gasteiger charge is 2.14. The van der Waals surface area contributed by atoms with Crippen LogP contribution in [-0.2, 0) is 0 Å². The first-order valence-electron chi connectivity index (χ1n) is 6.80. The predicted molar refractivity (Wildman–Crippen MR) is 84.3 cm³/mol. The molecule has 7 nitrogen and oxygen atoms in total. The van der Waals surface area contributed by atoms with Crippen molar-refractivity contribution in [3.05, 3.63) is 75.8 Å². The summed E-state index contributed by atoms with van der Waals surface area (Å²) in [6.07, 6.45) is 1.17. The number of amides is 1. The molecule has 3 rings (SSSR count). The Labute approximate surface area is 134 Å². The summed E-state index contributed by atoms with van der Waals surface area (Å²) in [6, 6.07) is 11.3. The Morgan fingerprint density at radius 2 is 2.04 bits per heavy atom. The van der Waals surface area contributed by atoms with Crippen molar-refractivity contribution in [1.82, 2.24) is 5.43 Å². The van der Waals surface area contributed by atoms with Crippen LogP contribution in [0.25, 0.3) is 11.0 Å². The molecule has 120 valence electrons. The third-order valence-electron chi connectivity index (χ3n) is 3.21. The number of rotatable bonds is 4. The summed E-state index contributed by atoms with van der Waals surface area (Å²) in [5, 5.41) is 14.8. The number of hydrazone groups is 1. The van der Waals surface area contributed by atoms with Crippen molar-refractivity contribution in [2.24, 2.45) is 5.10 Å². The number of hydrogen-bond acceptors (Lipinski definition) is 5. The van der Waals surface area contributed by atoms with E-state index in [-0.39, 0.29) is 17.0 Å². The fourth-order valence-electron chi connectivity index (χ4n) is 2.05. The highest BCUT2D eigenvalue weighted by molar-refractivity contribution is 5.97. The van der Waals surface area contributed by atoms with E-state index in [1.807, 2.05) is 0 Å². The van der Waals surface area contributed by atoms with Crippen molar-refractivity contribution < 1.29 is 18.5 Å². The van der Waals surface area contributed by atoms with Crippen LogP contribution in [0.15, 0.2) is 58.0 Å². The van der Waals surface area contributed by atoms with E-state index in [9.17, 15) is 19.3 Å². The predicted octanol–water partition coefficient (Wildman–Crippen LogP) is 3.24. The van der Waals surface area contributed by atoms with Gasteiger partial charge in [-0.1, -0.05) is 18.2 Å². The first-order valence-corrected chi connectivity index (χ1v) is 6.80. The van der Waals surface area contributed by atoms with Crippen molar-refractivity contribution in [3.63, 3.8) is 0 Å². The smallest absolute Gasteiger partial charge is 0.307 e. The number of nitrogens with zero attached hydrogens (tertiary/aromatic N) is 2. The van der Waals surface area contributed by atoms with E-state index in [4.69, 9.17) is 4.42 Å². The summed E-state index contributed by atoms with van der Waals surface area (Å²) in [5.41, 5.74) is 2.66. The number of carbonyl (C=O) groups excluding carboxylic acids is 1. The molecule has 0 bridgehead atoms. The van der Waals surface area contributed by atoms with Gasteiger partial charge in [0, 0.05) is 23.1 Å². The highest BCUT2D eigenvalue weighted by Crippen LogP contribution is 2.24. The maximum atomic E-state index is 13.4. The maximum absolute atomic E-state index is 13.4. The third kappa shape index (κ3) is 3.12. The molecule has 2 aromatic carbocycles. The molecule has 1 heterocycles. The largest absolute Gasteiger partial charge is 0.451 e. The fourth-order valence-corrected chi connectivity index (χ4v) is 2.05. The summed E-state index contributed by atoms with van der Waals surface area (Å²) >= 11 is 0. The Balaban J connectivity index is 1.76. The lowest BCUT2D eigenvalue weighted by Gasteiger charge is -1.96. The zero-order valence-electron chi connectivity index (χ0n) is 12.1. The van der Waals surface area contributed by atoms with Crippen LogP contribution >= 0.6 is 0 Å². The van der Waals surface area contributed by atoms with Gasteiger partial charge in [0.15, 0.2) is 5.76 Å². The van der Waals surface area contributed by atoms with Gasteiger partial charge in [0.1, 0.15) is 11.4 Å². The SMILES string of the molecule is O=C(N/N=C\c1ccccc1F)c1cc2cc([N+](=O)[O-])ccc2o1. The van der Waals surface area contributed by atoms with Crippen LogP contribution in [0.4, 0.5) is 10.1 Å². The Kier molecular flexibility index (Phi) is 4.02. The van der Waals surface area contributed by atoms with E-state index >= 15 is 0 Å². The second-order valence-electron chi connectivity index (χ2n) is 4.81. The van der Waals surface area contributed by atoms with Gasteiger partial charge in [0.2, 0.25) is 0 Å². The van der Waals surface area contributed by atoms with Crippen LogP contribution in [0, 0.1) is 15.9 Å². The molecule has 0 aliphatic carbocycles. The van der Waals surface area contributed by atoms with Crippen molar-refractivity contribution in [2.75, 3.05) is 0 Å². The van der Waals surface area contributed by atoms with E-state index in [1.165, 1.54) is 42.6 Å². The summed E-state index contributed by atoms with van der Waals surface area (Å²) in [7, 11) is 0. The highest BCUT2D eigenvalue weighted by atomic mass is 19.1. The Morgan fingerprint density at radius 1 is 1.25 bits per heavy atom. The number of halogens is 1. The van der Waals surface area contributed by atoms with Gasteiger partial charge >= 0.3 is 5.91 Å². The molecule has 3 aromatic rings. The van der Waals surface area contributed by atoms with Crippen LogP contribution in [0.1, 0.15) is 16.1 Å². The molecular formula is C16H10FN3O4. The number of benzene rings is 2. The molecular weight excluding hydrogens is 317 g/mol. The molecule has 0 radical (unpaired) electrons. The molecule has 0 saturated carbocycles. The molecule has 1 amide bonds. The standard InChI is InChI=1S/C16H10FN3O4/c17-13-4-2-1-3-10(13)9-18-19-16(21)15-8-11-7-12(20(22)23)5-6-14(11)24-15/h1-9H,(H,19,21)/b18-9-. The number of furan rings is 1. The van der Waals surface area contributed by atoms with Crippen LogP contribution in [-0.4, -0.2) is 17.0 Å². The summed E-state index contributed by atoms with van der Waals surface area (Å²) < 4.78 is 18.7. The number of nitro groups is 1. The zero-order valence-corrected chi connectivity index (χ0v) is 12.1. The van der Waals surface area contributed by atoms with Crippen LogP contribution < -0.4 is 5.43 Å². The van der Waals surface area contributed by atoms with Gasteiger partial charge < -0.3 is 4.42 Å². The molecule has 0 aliphatic rings. The topological polar surface area (TPSA) is 97.7 Å². The molecule has 1 N–H and O–H groups in total. The van der Waals surface area contributed by atoms with Crippen LogP contribution in [0.3, 0.4) is 0 Å². The Morgan fingerprint density at radius 3 is 2.79 bits per heavy atom. The van der Waals surface area contributed by atoms with Gasteiger partial charge in [-0.3, -0.25) is 14.9 Å². The van der Waals surface area contributed by atoms with E-state index in [1.54, 1.807) is 12.1 Å². The fraction of sp³-hybridized carbons (Fsp3) is 0. The number of nitrogens with one attached hydrogen (secondary N) is 1. The normalized spacial score (nSPS) is 11.0. The first kappa shape index (κ1) is 15.3. The molecule has 0 fully saturated rings. The van der Waals surface area contributed by atoms with Crippen molar-refractivity contribution >= 4 is 28.8 Å². The second kappa shape index (κ2) is 6.29. The number of hydrogen-bond donors (Lipinski definition) is 1. The average molecular weight is 327 g/mol. The molecule has 0 unspecified atom stereocenters. The number of fused-ring (bicyclic) bond motifs is 1. The Bertz CT molecular complexity index is 965. The van der Waals surface area contributed by atoms with Crippen molar-refractivity contribution in [3.8, 4) is 0 Å².